The van der Waals surface area contributed by atoms with Gasteiger partial charge in [0.2, 0.25) is 5.91 Å². The van der Waals surface area contributed by atoms with Crippen molar-refractivity contribution in [2.24, 2.45) is 5.92 Å². The standard InChI is InChI=1S/C23H33NO4/c1-17-10-12-19(13-11-17)21(25)14-15-22(26)24(16-18(2)23(27)28-3)20-8-6-4-5-7-9-20/h10-13,18,20H,4-9,14-16H2,1-3H3. The Kier molecular flexibility index (Phi) is 8.68. The Morgan fingerprint density at radius 3 is 2.21 bits per heavy atom. The number of amides is 1. The lowest BCUT2D eigenvalue weighted by atomic mass is 10.0. The number of hydrogen-bond donors (Lipinski definition) is 0. The Balaban J connectivity index is 2.03. The molecule has 0 saturated heterocycles. The molecule has 1 saturated carbocycles. The van der Waals surface area contributed by atoms with E-state index < -0.39 is 0 Å². The summed E-state index contributed by atoms with van der Waals surface area (Å²) in [7, 11) is 1.37. The normalized spacial score (nSPS) is 16.1. The minimum absolute atomic E-state index is 0.0183. The molecule has 0 bridgehead atoms. The average molecular weight is 388 g/mol. The van der Waals surface area contributed by atoms with Crippen molar-refractivity contribution in [3.63, 3.8) is 0 Å². The van der Waals surface area contributed by atoms with Crippen molar-refractivity contribution in [2.75, 3.05) is 13.7 Å². The minimum atomic E-state index is -0.370. The summed E-state index contributed by atoms with van der Waals surface area (Å²) in [6, 6.07) is 7.59. The lowest BCUT2D eigenvalue weighted by molar-refractivity contribution is -0.147. The van der Waals surface area contributed by atoms with Gasteiger partial charge in [-0.25, -0.2) is 0 Å². The molecule has 2 rings (SSSR count). The first kappa shape index (κ1) is 22.1. The Bertz CT molecular complexity index is 660. The SMILES string of the molecule is COC(=O)C(C)CN(C(=O)CCC(=O)c1ccc(C)cc1)C1CCCCCC1. The first-order valence-electron chi connectivity index (χ1n) is 10.4. The van der Waals surface area contributed by atoms with Crippen LogP contribution in [-0.2, 0) is 14.3 Å². The number of carbonyl (C=O) groups excluding carboxylic acids is 3. The first-order chi connectivity index (χ1) is 13.4. The summed E-state index contributed by atoms with van der Waals surface area (Å²) in [5.74, 6) is -0.731. The van der Waals surface area contributed by atoms with Gasteiger partial charge in [0.15, 0.2) is 5.78 Å². The molecule has 1 aromatic carbocycles. The number of methoxy groups -OCH3 is 1. The predicted molar refractivity (Wildman–Crippen MR) is 109 cm³/mol. The highest BCUT2D eigenvalue weighted by Gasteiger charge is 2.28. The lowest BCUT2D eigenvalue weighted by Gasteiger charge is -2.33. The van der Waals surface area contributed by atoms with Crippen molar-refractivity contribution in [3.05, 3.63) is 35.4 Å². The van der Waals surface area contributed by atoms with Gasteiger partial charge in [0.05, 0.1) is 13.0 Å². The molecule has 0 radical (unpaired) electrons. The van der Waals surface area contributed by atoms with Crippen LogP contribution in [-0.4, -0.2) is 42.3 Å². The van der Waals surface area contributed by atoms with Crippen LogP contribution in [0.1, 0.15) is 74.2 Å². The van der Waals surface area contributed by atoms with Gasteiger partial charge >= 0.3 is 5.97 Å². The molecule has 1 aliphatic rings. The number of carbonyl (C=O) groups is 3. The summed E-state index contributed by atoms with van der Waals surface area (Å²) < 4.78 is 4.84. The van der Waals surface area contributed by atoms with Crippen LogP contribution >= 0.6 is 0 Å². The molecule has 1 aliphatic carbocycles. The Labute approximate surface area is 168 Å². The summed E-state index contributed by atoms with van der Waals surface area (Å²) in [4.78, 5) is 39.2. The number of aryl methyl sites for hydroxylation is 1. The van der Waals surface area contributed by atoms with Gasteiger partial charge in [0.25, 0.3) is 0 Å². The quantitative estimate of drug-likeness (QED) is 0.379. The third-order valence-corrected chi connectivity index (χ3v) is 5.60. The van der Waals surface area contributed by atoms with Crippen molar-refractivity contribution in [1.82, 2.24) is 4.90 Å². The average Bonchev–Trinajstić information content (AvgIpc) is 2.99. The van der Waals surface area contributed by atoms with Gasteiger partial charge in [0.1, 0.15) is 0 Å². The van der Waals surface area contributed by atoms with Gasteiger partial charge in [-0.3, -0.25) is 14.4 Å². The fourth-order valence-corrected chi connectivity index (χ4v) is 3.84. The molecule has 1 atom stereocenters. The van der Waals surface area contributed by atoms with Crippen LogP contribution in [0, 0.1) is 12.8 Å². The fraction of sp³-hybridized carbons (Fsp3) is 0.609. The summed E-state index contributed by atoms with van der Waals surface area (Å²) in [6.07, 6.45) is 6.88. The topological polar surface area (TPSA) is 63.7 Å². The molecule has 1 aromatic rings. The number of ketones is 1. The van der Waals surface area contributed by atoms with Crippen LogP contribution in [0.2, 0.25) is 0 Å². The van der Waals surface area contributed by atoms with Gasteiger partial charge < -0.3 is 9.64 Å². The summed E-state index contributed by atoms with van der Waals surface area (Å²) in [5.41, 5.74) is 1.74. The van der Waals surface area contributed by atoms with E-state index in [1.54, 1.807) is 6.92 Å². The van der Waals surface area contributed by atoms with Gasteiger partial charge in [-0.05, 0) is 19.8 Å². The Morgan fingerprint density at radius 1 is 1.04 bits per heavy atom. The molecule has 5 heteroatoms. The molecule has 0 aliphatic heterocycles. The monoisotopic (exact) mass is 387 g/mol. The van der Waals surface area contributed by atoms with Crippen LogP contribution in [0.25, 0.3) is 0 Å². The highest BCUT2D eigenvalue weighted by molar-refractivity contribution is 5.98. The van der Waals surface area contributed by atoms with E-state index in [2.05, 4.69) is 0 Å². The summed E-state index contributed by atoms with van der Waals surface area (Å²) >= 11 is 0. The lowest BCUT2D eigenvalue weighted by Crippen LogP contribution is -2.44. The van der Waals surface area contributed by atoms with E-state index in [-0.39, 0.29) is 42.5 Å². The molecular formula is C23H33NO4. The van der Waals surface area contributed by atoms with Gasteiger partial charge in [-0.2, -0.15) is 0 Å². The van der Waals surface area contributed by atoms with E-state index in [0.29, 0.717) is 12.1 Å². The molecule has 0 heterocycles. The van der Waals surface area contributed by atoms with E-state index in [9.17, 15) is 14.4 Å². The van der Waals surface area contributed by atoms with Crippen molar-refractivity contribution in [2.45, 2.75) is 71.3 Å². The van der Waals surface area contributed by atoms with Crippen molar-refractivity contribution in [3.8, 4) is 0 Å². The number of esters is 1. The molecule has 1 amide bonds. The van der Waals surface area contributed by atoms with E-state index >= 15 is 0 Å². The van der Waals surface area contributed by atoms with Crippen molar-refractivity contribution >= 4 is 17.7 Å². The minimum Gasteiger partial charge on any atom is -0.469 e. The number of hydrogen-bond acceptors (Lipinski definition) is 4. The third-order valence-electron chi connectivity index (χ3n) is 5.60. The predicted octanol–water partition coefficient (Wildman–Crippen LogP) is 4.32. The third kappa shape index (κ3) is 6.47. The second-order valence-electron chi connectivity index (χ2n) is 7.90. The zero-order valence-corrected chi connectivity index (χ0v) is 17.4. The fourth-order valence-electron chi connectivity index (χ4n) is 3.84. The van der Waals surface area contributed by atoms with Gasteiger partial charge in [-0.15, -0.1) is 0 Å². The molecule has 0 N–H and O–H groups in total. The van der Waals surface area contributed by atoms with E-state index in [1.165, 1.54) is 20.0 Å². The highest BCUT2D eigenvalue weighted by atomic mass is 16.5. The van der Waals surface area contributed by atoms with Gasteiger partial charge in [0, 0.05) is 31.0 Å². The van der Waals surface area contributed by atoms with Crippen molar-refractivity contribution in [1.29, 1.82) is 0 Å². The van der Waals surface area contributed by atoms with Crippen LogP contribution in [0.5, 0.6) is 0 Å². The number of Topliss-reactive ketones (excluding diaryl/α,β-unsaturated/α-hetero) is 1. The maximum atomic E-state index is 13.0. The zero-order valence-electron chi connectivity index (χ0n) is 17.4. The number of benzene rings is 1. The van der Waals surface area contributed by atoms with Crippen LogP contribution in [0.15, 0.2) is 24.3 Å². The summed E-state index contributed by atoms with van der Waals surface area (Å²) in [5, 5.41) is 0. The first-order valence-corrected chi connectivity index (χ1v) is 10.4. The highest BCUT2D eigenvalue weighted by Crippen LogP contribution is 2.24. The molecule has 1 fully saturated rings. The molecule has 0 aromatic heterocycles. The zero-order chi connectivity index (χ0) is 20.5. The van der Waals surface area contributed by atoms with Crippen molar-refractivity contribution < 1.29 is 19.1 Å². The second-order valence-corrected chi connectivity index (χ2v) is 7.90. The maximum absolute atomic E-state index is 13.0. The number of rotatable bonds is 8. The number of ether oxygens (including phenoxy) is 1. The molecule has 0 spiro atoms. The summed E-state index contributed by atoms with van der Waals surface area (Å²) in [6.45, 7) is 4.13. The maximum Gasteiger partial charge on any atom is 0.310 e. The molecule has 28 heavy (non-hydrogen) atoms. The second kappa shape index (κ2) is 11.0. The van der Waals surface area contributed by atoms with Crippen LogP contribution < -0.4 is 0 Å². The van der Waals surface area contributed by atoms with E-state index in [1.807, 2.05) is 36.1 Å². The molecule has 1 unspecified atom stereocenters. The molecule has 5 nitrogen and oxygen atoms in total. The number of nitrogens with zero attached hydrogens (tertiary/aromatic N) is 1. The molecular weight excluding hydrogens is 354 g/mol. The molecule has 154 valence electrons. The Hall–Kier alpha value is -2.17. The van der Waals surface area contributed by atoms with E-state index in [4.69, 9.17) is 4.74 Å². The van der Waals surface area contributed by atoms with Crippen LogP contribution in [0.3, 0.4) is 0 Å². The van der Waals surface area contributed by atoms with Gasteiger partial charge in [-0.1, -0.05) is 62.4 Å². The van der Waals surface area contributed by atoms with E-state index in [0.717, 1.165) is 31.2 Å². The van der Waals surface area contributed by atoms with Crippen LogP contribution in [0.4, 0.5) is 0 Å². The smallest absolute Gasteiger partial charge is 0.310 e. The Morgan fingerprint density at radius 2 is 1.64 bits per heavy atom. The largest absolute Gasteiger partial charge is 0.469 e.